The molecule has 0 heterocycles. The van der Waals surface area contributed by atoms with E-state index in [0.29, 0.717) is 6.42 Å². The van der Waals surface area contributed by atoms with Gasteiger partial charge in [0.1, 0.15) is 5.60 Å². The largest absolute Gasteiger partial charge is 0.383 e. The molecule has 2 heteroatoms. The molecule has 0 atom stereocenters. The molecule has 0 saturated heterocycles. The highest BCUT2D eigenvalue weighted by molar-refractivity contribution is 5.88. The van der Waals surface area contributed by atoms with Gasteiger partial charge in [-0.15, -0.1) is 0 Å². The molecule has 1 rings (SSSR count). The van der Waals surface area contributed by atoms with Crippen molar-refractivity contribution >= 4 is 5.78 Å². The van der Waals surface area contributed by atoms with Gasteiger partial charge in [0.2, 0.25) is 0 Å². The molecule has 15 heavy (non-hydrogen) atoms. The van der Waals surface area contributed by atoms with Crippen LogP contribution in [0.5, 0.6) is 0 Å². The molecule has 0 aliphatic heterocycles. The van der Waals surface area contributed by atoms with Gasteiger partial charge >= 0.3 is 0 Å². The summed E-state index contributed by atoms with van der Waals surface area (Å²) in [5.74, 6) is -0.139. The summed E-state index contributed by atoms with van der Waals surface area (Å²) in [6.45, 7) is 7.03. The third-order valence-corrected chi connectivity index (χ3v) is 2.66. The molecule has 0 amide bonds. The zero-order valence-corrected chi connectivity index (χ0v) is 9.79. The van der Waals surface area contributed by atoms with Crippen LogP contribution in [0.2, 0.25) is 0 Å². The fourth-order valence-electron chi connectivity index (χ4n) is 1.50. The standard InChI is InChI=1S/C13H18O2/c1-9-6-5-7-10(2)11(9)8-12(14)13(3,4)15/h5-7,15H,8H2,1-4H3. The van der Waals surface area contributed by atoms with Crippen LogP contribution < -0.4 is 0 Å². The summed E-state index contributed by atoms with van der Waals surface area (Å²) < 4.78 is 0. The van der Waals surface area contributed by atoms with Gasteiger partial charge in [0.25, 0.3) is 0 Å². The van der Waals surface area contributed by atoms with Gasteiger partial charge in [-0.1, -0.05) is 18.2 Å². The van der Waals surface area contributed by atoms with E-state index >= 15 is 0 Å². The van der Waals surface area contributed by atoms with Gasteiger partial charge in [0, 0.05) is 6.42 Å². The minimum atomic E-state index is -1.24. The lowest BCUT2D eigenvalue weighted by atomic mass is 9.92. The SMILES string of the molecule is Cc1cccc(C)c1CC(=O)C(C)(C)O. The normalized spacial score (nSPS) is 11.5. The van der Waals surface area contributed by atoms with Crippen molar-refractivity contribution in [3.05, 3.63) is 34.9 Å². The molecule has 0 aliphatic rings. The molecule has 0 aliphatic carbocycles. The molecular weight excluding hydrogens is 188 g/mol. The van der Waals surface area contributed by atoms with Gasteiger partial charge < -0.3 is 5.11 Å². The summed E-state index contributed by atoms with van der Waals surface area (Å²) in [5, 5.41) is 9.58. The second-order valence-electron chi connectivity index (χ2n) is 4.53. The number of carbonyl (C=O) groups excluding carboxylic acids is 1. The maximum absolute atomic E-state index is 11.7. The van der Waals surface area contributed by atoms with Crippen LogP contribution >= 0.6 is 0 Å². The second kappa shape index (κ2) is 4.15. The Hall–Kier alpha value is -1.15. The molecule has 0 fully saturated rings. The van der Waals surface area contributed by atoms with Crippen molar-refractivity contribution < 1.29 is 9.90 Å². The molecule has 0 saturated carbocycles. The lowest BCUT2D eigenvalue weighted by Crippen LogP contribution is -2.32. The van der Waals surface area contributed by atoms with Crippen LogP contribution in [0.15, 0.2) is 18.2 Å². The molecular formula is C13H18O2. The summed E-state index contributed by atoms with van der Waals surface area (Å²) in [6.07, 6.45) is 0.308. The number of Topliss-reactive ketones (excluding diaryl/α,β-unsaturated/α-hetero) is 1. The van der Waals surface area contributed by atoms with Crippen molar-refractivity contribution in [1.82, 2.24) is 0 Å². The molecule has 0 aromatic heterocycles. The molecule has 1 aromatic carbocycles. The van der Waals surface area contributed by atoms with Crippen molar-refractivity contribution in [1.29, 1.82) is 0 Å². The number of aliphatic hydroxyl groups is 1. The van der Waals surface area contributed by atoms with Crippen LogP contribution in [0.4, 0.5) is 0 Å². The zero-order chi connectivity index (χ0) is 11.6. The summed E-state index contributed by atoms with van der Waals surface area (Å²) in [7, 11) is 0. The van der Waals surface area contributed by atoms with Crippen molar-refractivity contribution in [3.8, 4) is 0 Å². The highest BCUT2D eigenvalue weighted by atomic mass is 16.3. The second-order valence-corrected chi connectivity index (χ2v) is 4.53. The number of benzene rings is 1. The molecule has 0 unspecified atom stereocenters. The average Bonchev–Trinajstić information content (AvgIpc) is 2.09. The fraction of sp³-hybridized carbons (Fsp3) is 0.462. The Bertz CT molecular complexity index is 352. The highest BCUT2D eigenvalue weighted by Gasteiger charge is 2.24. The average molecular weight is 206 g/mol. The first-order valence-corrected chi connectivity index (χ1v) is 5.13. The highest BCUT2D eigenvalue weighted by Crippen LogP contribution is 2.17. The predicted octanol–water partition coefficient (Wildman–Crippen LogP) is 2.19. The molecule has 1 aromatic rings. The lowest BCUT2D eigenvalue weighted by molar-refractivity contribution is -0.133. The molecule has 0 radical (unpaired) electrons. The van der Waals surface area contributed by atoms with E-state index in [9.17, 15) is 9.90 Å². The summed E-state index contributed by atoms with van der Waals surface area (Å²) in [4.78, 5) is 11.7. The number of aryl methyl sites for hydroxylation is 2. The van der Waals surface area contributed by atoms with Crippen molar-refractivity contribution in [2.45, 2.75) is 39.7 Å². The minimum absolute atomic E-state index is 0.139. The first-order chi connectivity index (χ1) is 6.82. The Morgan fingerprint density at radius 1 is 1.27 bits per heavy atom. The Kier molecular flexibility index (Phi) is 3.30. The third-order valence-electron chi connectivity index (χ3n) is 2.66. The molecule has 1 N–H and O–H groups in total. The summed E-state index contributed by atoms with van der Waals surface area (Å²) in [6, 6.07) is 5.95. The smallest absolute Gasteiger partial charge is 0.168 e. The molecule has 2 nitrogen and oxygen atoms in total. The lowest BCUT2D eigenvalue weighted by Gasteiger charge is -2.17. The topological polar surface area (TPSA) is 37.3 Å². The van der Waals surface area contributed by atoms with Crippen molar-refractivity contribution in [2.75, 3.05) is 0 Å². The minimum Gasteiger partial charge on any atom is -0.383 e. The van der Waals surface area contributed by atoms with Gasteiger partial charge in [0.05, 0.1) is 0 Å². The van der Waals surface area contributed by atoms with Gasteiger partial charge in [-0.05, 0) is 44.4 Å². The van der Waals surface area contributed by atoms with Gasteiger partial charge in [-0.25, -0.2) is 0 Å². The maximum atomic E-state index is 11.7. The third kappa shape index (κ3) is 2.90. The van der Waals surface area contributed by atoms with Gasteiger partial charge in [-0.3, -0.25) is 4.79 Å². The summed E-state index contributed by atoms with van der Waals surface area (Å²) in [5.41, 5.74) is 2.00. The number of rotatable bonds is 3. The van der Waals surface area contributed by atoms with Crippen LogP contribution in [-0.2, 0) is 11.2 Å². The van der Waals surface area contributed by atoms with E-state index in [2.05, 4.69) is 0 Å². The van der Waals surface area contributed by atoms with Gasteiger partial charge in [0.15, 0.2) is 5.78 Å². The van der Waals surface area contributed by atoms with Crippen LogP contribution in [0.1, 0.15) is 30.5 Å². The Labute approximate surface area is 90.9 Å². The van der Waals surface area contributed by atoms with E-state index in [4.69, 9.17) is 0 Å². The van der Waals surface area contributed by atoms with E-state index in [1.54, 1.807) is 0 Å². The quantitative estimate of drug-likeness (QED) is 0.823. The van der Waals surface area contributed by atoms with Crippen LogP contribution in [0.3, 0.4) is 0 Å². The number of carbonyl (C=O) groups is 1. The number of hydrogen-bond donors (Lipinski definition) is 1. The molecule has 0 spiro atoms. The molecule has 0 bridgehead atoms. The van der Waals surface area contributed by atoms with E-state index in [0.717, 1.165) is 16.7 Å². The predicted molar refractivity (Wildman–Crippen MR) is 60.9 cm³/mol. The van der Waals surface area contributed by atoms with Crippen LogP contribution in [0.25, 0.3) is 0 Å². The van der Waals surface area contributed by atoms with E-state index in [-0.39, 0.29) is 5.78 Å². The maximum Gasteiger partial charge on any atom is 0.168 e. The first-order valence-electron chi connectivity index (χ1n) is 5.13. The zero-order valence-electron chi connectivity index (χ0n) is 9.79. The number of ketones is 1. The van der Waals surface area contributed by atoms with Crippen LogP contribution in [0, 0.1) is 13.8 Å². The van der Waals surface area contributed by atoms with E-state index < -0.39 is 5.60 Å². The fourth-order valence-corrected chi connectivity index (χ4v) is 1.50. The Morgan fingerprint density at radius 2 is 1.73 bits per heavy atom. The van der Waals surface area contributed by atoms with Crippen LogP contribution in [-0.4, -0.2) is 16.5 Å². The summed E-state index contributed by atoms with van der Waals surface area (Å²) >= 11 is 0. The Balaban J connectivity index is 2.95. The Morgan fingerprint density at radius 3 is 2.13 bits per heavy atom. The number of hydrogen-bond acceptors (Lipinski definition) is 2. The van der Waals surface area contributed by atoms with Gasteiger partial charge in [-0.2, -0.15) is 0 Å². The van der Waals surface area contributed by atoms with E-state index in [1.807, 2.05) is 32.0 Å². The first kappa shape index (κ1) is 11.9. The van der Waals surface area contributed by atoms with Crippen molar-refractivity contribution in [3.63, 3.8) is 0 Å². The van der Waals surface area contributed by atoms with E-state index in [1.165, 1.54) is 13.8 Å². The monoisotopic (exact) mass is 206 g/mol. The van der Waals surface area contributed by atoms with Crippen molar-refractivity contribution in [2.24, 2.45) is 0 Å². The molecule has 82 valence electrons.